The van der Waals surface area contributed by atoms with Crippen molar-refractivity contribution < 1.29 is 23.4 Å². The number of hydrogen-bond donors (Lipinski definition) is 1. The number of pyridine rings is 1. The summed E-state index contributed by atoms with van der Waals surface area (Å²) in [5.74, 6) is 1.97. The minimum atomic E-state index is -0.525. The summed E-state index contributed by atoms with van der Waals surface area (Å²) >= 11 is 0. The van der Waals surface area contributed by atoms with Gasteiger partial charge in [0, 0.05) is 51.3 Å². The van der Waals surface area contributed by atoms with Crippen LogP contribution in [0.2, 0.25) is 0 Å². The topological polar surface area (TPSA) is 116 Å². The van der Waals surface area contributed by atoms with Crippen molar-refractivity contribution in [1.82, 2.24) is 24.9 Å². The van der Waals surface area contributed by atoms with E-state index in [0.29, 0.717) is 42.4 Å². The number of rotatable bonds is 9. The van der Waals surface area contributed by atoms with Crippen molar-refractivity contribution >= 4 is 28.5 Å². The number of carbonyl (C=O) groups excluding carboxylic acids is 1. The summed E-state index contributed by atoms with van der Waals surface area (Å²) in [7, 11) is 1.69. The highest BCUT2D eigenvalue weighted by Gasteiger charge is 2.33. The molecule has 1 saturated carbocycles. The van der Waals surface area contributed by atoms with Gasteiger partial charge in [-0.05, 0) is 45.9 Å². The Morgan fingerprint density at radius 3 is 2.79 bits per heavy atom. The zero-order valence-electron chi connectivity index (χ0n) is 22.4. The first-order valence-corrected chi connectivity index (χ1v) is 12.9. The molecule has 0 atom stereocenters. The molecule has 4 aromatic rings. The van der Waals surface area contributed by atoms with E-state index in [-0.39, 0.29) is 12.1 Å². The standard InChI is InChI=1S/C27H34N6O5/c1-6-32(11-12-35-5)25-19-15-22(37-21(19)9-10-28-25)20-16-29-23-7-8-24(31-33(20)23)36-18-13-17(14-18)30-26(34)38-27(2,3)4/h7-10,15-18H,6,11-14H2,1-5H3,(H,30,34)/t17-,18-. The van der Waals surface area contributed by atoms with E-state index in [1.165, 1.54) is 0 Å². The molecule has 0 spiro atoms. The molecule has 4 heterocycles. The van der Waals surface area contributed by atoms with E-state index in [1.807, 2.05) is 39.0 Å². The smallest absolute Gasteiger partial charge is 0.407 e. The van der Waals surface area contributed by atoms with Crippen molar-refractivity contribution in [3.63, 3.8) is 0 Å². The highest BCUT2D eigenvalue weighted by Crippen LogP contribution is 2.33. The second-order valence-corrected chi connectivity index (χ2v) is 10.4. The molecule has 202 valence electrons. The lowest BCUT2D eigenvalue weighted by molar-refractivity contribution is 0.0352. The zero-order chi connectivity index (χ0) is 26.9. The maximum atomic E-state index is 12.0. The molecule has 11 heteroatoms. The largest absolute Gasteiger partial charge is 0.473 e. The zero-order valence-corrected chi connectivity index (χ0v) is 22.4. The lowest BCUT2D eigenvalue weighted by Gasteiger charge is -2.35. The molecular formula is C27H34N6O5. The van der Waals surface area contributed by atoms with Crippen LogP contribution in [-0.2, 0) is 9.47 Å². The molecule has 11 nitrogen and oxygen atoms in total. The first kappa shape index (κ1) is 25.8. The van der Waals surface area contributed by atoms with Gasteiger partial charge in [-0.15, -0.1) is 5.10 Å². The maximum Gasteiger partial charge on any atom is 0.407 e. The van der Waals surface area contributed by atoms with Crippen molar-refractivity contribution in [2.45, 2.75) is 58.3 Å². The first-order chi connectivity index (χ1) is 18.2. The number of carbonyl (C=O) groups is 1. The number of likely N-dealkylation sites (N-methyl/N-ethyl adjacent to an activating group) is 1. The van der Waals surface area contributed by atoms with Gasteiger partial charge >= 0.3 is 6.09 Å². The van der Waals surface area contributed by atoms with Crippen LogP contribution in [0.15, 0.2) is 41.1 Å². The van der Waals surface area contributed by atoms with Crippen molar-refractivity contribution in [1.29, 1.82) is 0 Å². The monoisotopic (exact) mass is 522 g/mol. The van der Waals surface area contributed by atoms with Gasteiger partial charge < -0.3 is 28.8 Å². The number of alkyl carbamates (subject to hydrolysis) is 1. The van der Waals surface area contributed by atoms with E-state index >= 15 is 0 Å². The number of nitrogens with one attached hydrogen (secondary N) is 1. The summed E-state index contributed by atoms with van der Waals surface area (Å²) in [5, 5.41) is 8.47. The van der Waals surface area contributed by atoms with Crippen LogP contribution >= 0.6 is 0 Å². The van der Waals surface area contributed by atoms with Crippen LogP contribution in [-0.4, -0.2) is 70.2 Å². The highest BCUT2D eigenvalue weighted by molar-refractivity contribution is 5.91. The Kier molecular flexibility index (Phi) is 7.11. The summed E-state index contributed by atoms with van der Waals surface area (Å²) in [6, 6.07) is 7.52. The number of fused-ring (bicyclic) bond motifs is 2. The van der Waals surface area contributed by atoms with Crippen LogP contribution in [0.4, 0.5) is 10.6 Å². The number of imidazole rings is 1. The highest BCUT2D eigenvalue weighted by atomic mass is 16.6. The quantitative estimate of drug-likeness (QED) is 0.340. The number of nitrogens with zero attached hydrogens (tertiary/aromatic N) is 5. The molecule has 0 radical (unpaired) electrons. The van der Waals surface area contributed by atoms with Crippen LogP contribution in [0.3, 0.4) is 0 Å². The summed E-state index contributed by atoms with van der Waals surface area (Å²) in [5.41, 5.74) is 1.61. The molecule has 1 amide bonds. The fourth-order valence-corrected chi connectivity index (χ4v) is 4.45. The number of ether oxygens (including phenoxy) is 3. The Morgan fingerprint density at radius 1 is 1.24 bits per heavy atom. The Hall–Kier alpha value is -3.86. The van der Waals surface area contributed by atoms with Gasteiger partial charge in [-0.2, -0.15) is 0 Å². The molecule has 0 saturated heterocycles. The Labute approximate surface area is 221 Å². The Bertz CT molecular complexity index is 1420. The summed E-state index contributed by atoms with van der Waals surface area (Å²) in [6.07, 6.45) is 4.41. The predicted molar refractivity (Wildman–Crippen MR) is 143 cm³/mol. The van der Waals surface area contributed by atoms with Crippen LogP contribution in [0, 0.1) is 0 Å². The van der Waals surface area contributed by atoms with Crippen molar-refractivity contribution in [3.05, 3.63) is 36.7 Å². The Balaban J connectivity index is 1.31. The van der Waals surface area contributed by atoms with E-state index in [2.05, 4.69) is 32.2 Å². The third kappa shape index (κ3) is 5.52. The molecular weight excluding hydrogens is 488 g/mol. The molecule has 0 bridgehead atoms. The van der Waals surface area contributed by atoms with E-state index in [9.17, 15) is 4.79 Å². The van der Waals surface area contributed by atoms with Gasteiger partial charge in [0.25, 0.3) is 0 Å². The van der Waals surface area contributed by atoms with Gasteiger partial charge in [0.2, 0.25) is 5.88 Å². The summed E-state index contributed by atoms with van der Waals surface area (Å²) < 4.78 is 24.6. The number of methoxy groups -OCH3 is 1. The number of anilines is 1. The van der Waals surface area contributed by atoms with Crippen LogP contribution in [0.1, 0.15) is 40.5 Å². The molecule has 1 aliphatic rings. The second-order valence-electron chi connectivity index (χ2n) is 10.4. The minimum Gasteiger partial charge on any atom is -0.473 e. The van der Waals surface area contributed by atoms with E-state index in [0.717, 1.165) is 29.9 Å². The first-order valence-electron chi connectivity index (χ1n) is 12.9. The van der Waals surface area contributed by atoms with Crippen LogP contribution in [0.5, 0.6) is 5.88 Å². The molecule has 4 aromatic heterocycles. The average molecular weight is 523 g/mol. The van der Waals surface area contributed by atoms with Gasteiger partial charge in [-0.3, -0.25) is 0 Å². The minimum absolute atomic E-state index is 0.0207. The lowest BCUT2D eigenvalue weighted by Crippen LogP contribution is -2.50. The second kappa shape index (κ2) is 10.5. The van der Waals surface area contributed by atoms with Crippen LogP contribution in [0.25, 0.3) is 28.1 Å². The van der Waals surface area contributed by atoms with Gasteiger partial charge in [0.15, 0.2) is 11.4 Å². The molecule has 1 fully saturated rings. The van der Waals surface area contributed by atoms with Gasteiger partial charge in [-0.1, -0.05) is 0 Å². The SMILES string of the molecule is CCN(CCOC)c1nccc2oc(-c3cnc4ccc(O[C@H]5C[C@H](NC(=O)OC(C)(C)C)C5)nn34)cc12. The summed E-state index contributed by atoms with van der Waals surface area (Å²) in [4.78, 5) is 23.2. The molecule has 1 N–H and O–H groups in total. The van der Waals surface area contributed by atoms with E-state index in [1.54, 1.807) is 30.1 Å². The van der Waals surface area contributed by atoms with E-state index < -0.39 is 11.7 Å². The van der Waals surface area contributed by atoms with E-state index in [4.69, 9.17) is 18.6 Å². The van der Waals surface area contributed by atoms with Gasteiger partial charge in [-0.25, -0.2) is 19.3 Å². The third-order valence-electron chi connectivity index (χ3n) is 6.36. The predicted octanol–water partition coefficient (Wildman–Crippen LogP) is 4.44. The summed E-state index contributed by atoms with van der Waals surface area (Å²) in [6.45, 7) is 9.75. The van der Waals surface area contributed by atoms with Crippen molar-refractivity contribution in [3.8, 4) is 17.3 Å². The number of amides is 1. The Morgan fingerprint density at radius 2 is 2.05 bits per heavy atom. The molecule has 5 rings (SSSR count). The number of furan rings is 1. The average Bonchev–Trinajstić information content (AvgIpc) is 3.46. The lowest BCUT2D eigenvalue weighted by atomic mass is 9.89. The molecule has 0 aliphatic heterocycles. The molecule has 0 unspecified atom stereocenters. The number of hydrogen-bond acceptors (Lipinski definition) is 9. The molecule has 38 heavy (non-hydrogen) atoms. The van der Waals surface area contributed by atoms with Crippen molar-refractivity contribution in [2.75, 3.05) is 31.7 Å². The normalized spacial score (nSPS) is 17.4. The fourth-order valence-electron chi connectivity index (χ4n) is 4.45. The molecule has 1 aliphatic carbocycles. The fraction of sp³-hybridized carbons (Fsp3) is 0.481. The maximum absolute atomic E-state index is 12.0. The van der Waals surface area contributed by atoms with Crippen molar-refractivity contribution in [2.24, 2.45) is 0 Å². The number of aromatic nitrogens is 4. The molecule has 0 aromatic carbocycles. The van der Waals surface area contributed by atoms with Gasteiger partial charge in [0.05, 0.1) is 18.2 Å². The van der Waals surface area contributed by atoms with Crippen LogP contribution < -0.4 is 15.0 Å². The third-order valence-corrected chi connectivity index (χ3v) is 6.36. The van der Waals surface area contributed by atoms with Gasteiger partial charge in [0.1, 0.15) is 28.8 Å².